The minimum absolute atomic E-state index is 0.670. The van der Waals surface area contributed by atoms with Crippen LogP contribution in [0, 0.1) is 0 Å². The van der Waals surface area contributed by atoms with Gasteiger partial charge in [-0.2, -0.15) is 0 Å². The molecule has 0 saturated heterocycles. The van der Waals surface area contributed by atoms with E-state index in [-0.39, 0.29) is 0 Å². The molecule has 2 rings (SSSR count). The van der Waals surface area contributed by atoms with Gasteiger partial charge in [0, 0.05) is 18.2 Å². The predicted octanol–water partition coefficient (Wildman–Crippen LogP) is 1.43. The molecule has 2 aromatic rings. The molecule has 0 atom stereocenters. The Kier molecular flexibility index (Phi) is 3.71. The molecule has 20 heavy (non-hydrogen) atoms. The van der Waals surface area contributed by atoms with Crippen molar-refractivity contribution in [3.05, 3.63) is 30.3 Å². The van der Waals surface area contributed by atoms with Crippen LogP contribution in [-0.2, 0) is 11.7 Å². The van der Waals surface area contributed by atoms with Crippen molar-refractivity contribution in [3.8, 4) is 0 Å². The zero-order valence-corrected chi connectivity index (χ0v) is 12.7. The van der Waals surface area contributed by atoms with Crippen molar-refractivity contribution >= 4 is 23.6 Å². The SMILES string of the molecule is Cn1c(B(O)OC(C)(C)C(C)(C)O)cc2ccccc21. The largest absolute Gasteiger partial charge is 0.509 e. The molecule has 0 unspecified atom stereocenters. The van der Waals surface area contributed by atoms with Crippen LogP contribution in [-0.4, -0.2) is 33.0 Å². The molecule has 4 nitrogen and oxygen atoms in total. The van der Waals surface area contributed by atoms with Gasteiger partial charge in [0.15, 0.2) is 0 Å². The number of rotatable bonds is 4. The van der Waals surface area contributed by atoms with E-state index in [4.69, 9.17) is 4.65 Å². The van der Waals surface area contributed by atoms with Crippen molar-refractivity contribution in [1.29, 1.82) is 0 Å². The standard InChI is InChI=1S/C15H22BNO3/c1-14(2,18)15(3,4)20-16(19)13-10-11-8-6-7-9-12(11)17(13)5/h6-10,18-19H,1-5H3. The average molecular weight is 275 g/mol. The first-order valence-corrected chi connectivity index (χ1v) is 6.76. The van der Waals surface area contributed by atoms with Gasteiger partial charge in [-0.25, -0.2) is 0 Å². The van der Waals surface area contributed by atoms with Crippen LogP contribution < -0.4 is 5.59 Å². The minimum atomic E-state index is -1.09. The van der Waals surface area contributed by atoms with Gasteiger partial charge in [-0.1, -0.05) is 18.2 Å². The summed E-state index contributed by atoms with van der Waals surface area (Å²) < 4.78 is 7.59. The Bertz CT molecular complexity index is 613. The van der Waals surface area contributed by atoms with Gasteiger partial charge in [-0.15, -0.1) is 0 Å². The normalized spacial score (nSPS) is 12.9. The third kappa shape index (κ3) is 2.61. The molecule has 0 aliphatic carbocycles. The maximum Gasteiger partial charge on any atom is 0.509 e. The molecule has 0 aliphatic heterocycles. The summed E-state index contributed by atoms with van der Waals surface area (Å²) in [4.78, 5) is 0. The fraction of sp³-hybridized carbons (Fsp3) is 0.467. The monoisotopic (exact) mass is 275 g/mol. The first kappa shape index (κ1) is 15.1. The second kappa shape index (κ2) is 4.92. The molecule has 0 spiro atoms. The molecular formula is C15H22BNO3. The molecule has 0 aliphatic rings. The molecule has 2 N–H and O–H groups in total. The Morgan fingerprint density at radius 3 is 2.30 bits per heavy atom. The lowest BCUT2D eigenvalue weighted by Crippen LogP contribution is -2.54. The maximum atomic E-state index is 10.3. The van der Waals surface area contributed by atoms with E-state index in [1.54, 1.807) is 27.7 Å². The highest BCUT2D eigenvalue weighted by Gasteiger charge is 2.40. The van der Waals surface area contributed by atoms with Crippen molar-refractivity contribution in [2.75, 3.05) is 0 Å². The first-order valence-electron chi connectivity index (χ1n) is 6.76. The third-order valence-corrected chi connectivity index (χ3v) is 4.12. The summed E-state index contributed by atoms with van der Waals surface area (Å²) in [6.45, 7) is 6.86. The van der Waals surface area contributed by atoms with Gasteiger partial charge >= 0.3 is 7.12 Å². The second-order valence-electron chi connectivity index (χ2n) is 6.23. The van der Waals surface area contributed by atoms with E-state index in [1.807, 2.05) is 41.9 Å². The lowest BCUT2D eigenvalue weighted by molar-refractivity contribution is -0.0984. The summed E-state index contributed by atoms with van der Waals surface area (Å²) in [5.41, 5.74) is -0.226. The van der Waals surface area contributed by atoms with Gasteiger partial charge in [0.1, 0.15) is 0 Å². The Balaban J connectivity index is 2.33. The summed E-state index contributed by atoms with van der Waals surface area (Å²) in [6, 6.07) is 9.81. The molecule has 0 amide bonds. The van der Waals surface area contributed by atoms with E-state index in [0.29, 0.717) is 5.59 Å². The van der Waals surface area contributed by atoms with E-state index in [9.17, 15) is 10.1 Å². The molecule has 108 valence electrons. The van der Waals surface area contributed by atoms with E-state index >= 15 is 0 Å². The number of fused-ring (bicyclic) bond motifs is 1. The fourth-order valence-corrected chi connectivity index (χ4v) is 2.03. The maximum absolute atomic E-state index is 10.3. The van der Waals surface area contributed by atoms with E-state index in [1.165, 1.54) is 0 Å². The number of nitrogens with zero attached hydrogens (tertiary/aromatic N) is 1. The van der Waals surface area contributed by atoms with Crippen LogP contribution in [0.25, 0.3) is 10.9 Å². The number of benzene rings is 1. The van der Waals surface area contributed by atoms with Gasteiger partial charge in [0.25, 0.3) is 0 Å². The van der Waals surface area contributed by atoms with Crippen LogP contribution in [0.1, 0.15) is 27.7 Å². The Morgan fingerprint density at radius 2 is 1.75 bits per heavy atom. The lowest BCUT2D eigenvalue weighted by atomic mass is 9.80. The number of hydrogen-bond acceptors (Lipinski definition) is 3. The highest BCUT2D eigenvalue weighted by molar-refractivity contribution is 6.59. The van der Waals surface area contributed by atoms with Crippen molar-refractivity contribution in [3.63, 3.8) is 0 Å². The van der Waals surface area contributed by atoms with E-state index < -0.39 is 18.3 Å². The van der Waals surface area contributed by atoms with Gasteiger partial charge in [-0.3, -0.25) is 0 Å². The summed E-state index contributed by atoms with van der Waals surface area (Å²) in [5.74, 6) is 0. The van der Waals surface area contributed by atoms with Gasteiger partial charge < -0.3 is 19.4 Å². The van der Waals surface area contributed by atoms with E-state index in [0.717, 1.165) is 10.9 Å². The molecule has 0 bridgehead atoms. The molecule has 0 saturated carbocycles. The Labute approximate surface area is 120 Å². The number of aromatic nitrogens is 1. The van der Waals surface area contributed by atoms with Gasteiger partial charge in [0.05, 0.1) is 11.2 Å². The summed E-state index contributed by atoms with van der Waals surface area (Å²) >= 11 is 0. The molecular weight excluding hydrogens is 253 g/mol. The average Bonchev–Trinajstić information content (AvgIpc) is 2.66. The summed E-state index contributed by atoms with van der Waals surface area (Å²) in [6.07, 6.45) is 0. The van der Waals surface area contributed by atoms with E-state index in [2.05, 4.69) is 0 Å². The summed E-state index contributed by atoms with van der Waals surface area (Å²) in [7, 11) is 0.801. The van der Waals surface area contributed by atoms with Gasteiger partial charge in [0.2, 0.25) is 0 Å². The molecule has 0 radical (unpaired) electrons. The van der Waals surface area contributed by atoms with Gasteiger partial charge in [-0.05, 0) is 45.2 Å². The first-order chi connectivity index (χ1) is 9.13. The van der Waals surface area contributed by atoms with Crippen LogP contribution in [0.2, 0.25) is 0 Å². The number of aliphatic hydroxyl groups is 1. The Morgan fingerprint density at radius 1 is 1.15 bits per heavy atom. The summed E-state index contributed by atoms with van der Waals surface area (Å²) in [5, 5.41) is 21.5. The lowest BCUT2D eigenvalue weighted by Gasteiger charge is -2.38. The number of para-hydroxylation sites is 1. The van der Waals surface area contributed by atoms with Crippen molar-refractivity contribution in [1.82, 2.24) is 4.57 Å². The fourth-order valence-electron chi connectivity index (χ4n) is 2.03. The van der Waals surface area contributed by atoms with Crippen LogP contribution in [0.4, 0.5) is 0 Å². The number of aryl methyl sites for hydroxylation is 1. The third-order valence-electron chi connectivity index (χ3n) is 4.12. The zero-order valence-electron chi connectivity index (χ0n) is 12.7. The smallest absolute Gasteiger partial charge is 0.422 e. The van der Waals surface area contributed by atoms with Crippen molar-refractivity contribution < 1.29 is 14.8 Å². The van der Waals surface area contributed by atoms with Crippen molar-refractivity contribution in [2.24, 2.45) is 7.05 Å². The molecule has 1 aromatic heterocycles. The predicted molar refractivity (Wildman–Crippen MR) is 82.0 cm³/mol. The molecule has 0 fully saturated rings. The van der Waals surface area contributed by atoms with Crippen molar-refractivity contribution in [2.45, 2.75) is 38.9 Å². The van der Waals surface area contributed by atoms with Crippen LogP contribution in [0.15, 0.2) is 30.3 Å². The second-order valence-corrected chi connectivity index (χ2v) is 6.23. The Hall–Kier alpha value is -1.30. The molecule has 1 aromatic carbocycles. The minimum Gasteiger partial charge on any atom is -0.422 e. The highest BCUT2D eigenvalue weighted by Crippen LogP contribution is 2.25. The quantitative estimate of drug-likeness (QED) is 0.830. The highest BCUT2D eigenvalue weighted by atomic mass is 16.5. The zero-order chi connectivity index (χ0) is 15.1. The number of hydrogen-bond donors (Lipinski definition) is 2. The topological polar surface area (TPSA) is 54.6 Å². The van der Waals surface area contributed by atoms with Crippen LogP contribution in [0.5, 0.6) is 0 Å². The molecule has 1 heterocycles. The van der Waals surface area contributed by atoms with Crippen LogP contribution in [0.3, 0.4) is 0 Å². The van der Waals surface area contributed by atoms with Crippen LogP contribution >= 0.6 is 0 Å². The molecule has 5 heteroatoms.